The molecule has 1 N–H and O–H groups in total. The summed E-state index contributed by atoms with van der Waals surface area (Å²) in [7, 11) is 6.00. The summed E-state index contributed by atoms with van der Waals surface area (Å²) in [5.74, 6) is 0. The molecule has 1 atom stereocenters. The van der Waals surface area contributed by atoms with Crippen LogP contribution < -0.4 is 4.90 Å². The number of quaternary nitrogens is 1. The Morgan fingerprint density at radius 3 is 2.25 bits per heavy atom. The van der Waals surface area contributed by atoms with Crippen molar-refractivity contribution < 1.29 is 4.90 Å². The number of hydrogen-bond acceptors (Lipinski definition) is 0. The highest BCUT2D eigenvalue weighted by molar-refractivity contribution is 4.87. The molecule has 1 unspecified atom stereocenters. The molecule has 1 rings (SSSR count). The van der Waals surface area contributed by atoms with Gasteiger partial charge in [0.1, 0.15) is 0 Å². The monoisotopic (exact) mass is 113 g/mol. The smallest absolute Gasteiger partial charge is 0.0582 e. The molecule has 1 nitrogen and oxygen atoms in total. The zero-order valence-corrected chi connectivity index (χ0v) is 5.83. The van der Waals surface area contributed by atoms with Gasteiger partial charge in [0.15, 0.2) is 0 Å². The van der Waals surface area contributed by atoms with Crippen LogP contribution in [0.2, 0.25) is 0 Å². The van der Waals surface area contributed by atoms with Crippen molar-refractivity contribution in [3.63, 3.8) is 0 Å². The summed E-state index contributed by atoms with van der Waals surface area (Å²) in [6.07, 6.45) is 2.83. The van der Waals surface area contributed by atoms with Crippen LogP contribution in [-0.4, -0.2) is 13.6 Å². The molecule has 0 spiro atoms. The first-order chi connectivity index (χ1) is 3.62. The third kappa shape index (κ3) is 1.48. The van der Waals surface area contributed by atoms with Gasteiger partial charge in [-0.2, -0.15) is 7.05 Å². The van der Waals surface area contributed by atoms with Gasteiger partial charge in [-0.3, -0.25) is 0 Å². The van der Waals surface area contributed by atoms with Gasteiger partial charge in [-0.25, -0.2) is 0 Å². The maximum atomic E-state index is 3.88. The van der Waals surface area contributed by atoms with Gasteiger partial charge >= 0.3 is 0 Å². The maximum absolute atomic E-state index is 3.88. The Hall–Kier alpha value is -0.0400. The van der Waals surface area contributed by atoms with Crippen molar-refractivity contribution in [3.05, 3.63) is 7.05 Å². The molecule has 0 aromatic rings. The zero-order chi connectivity index (χ0) is 6.20. The molecular formula is C7H15N. The second kappa shape index (κ2) is 1.73. The van der Waals surface area contributed by atoms with E-state index in [1.807, 2.05) is 0 Å². The van der Waals surface area contributed by atoms with Crippen LogP contribution in [0.3, 0.4) is 0 Å². The Balaban J connectivity index is 2.19. The van der Waals surface area contributed by atoms with Gasteiger partial charge < -0.3 is 4.90 Å². The molecule has 1 heteroatoms. The molecule has 8 heavy (non-hydrogen) atoms. The fourth-order valence-electron chi connectivity index (χ4n) is 1.12. The fraction of sp³-hybridized carbons (Fsp3) is 0.857. The highest BCUT2D eigenvalue weighted by Gasteiger charge is 2.38. The fourth-order valence-corrected chi connectivity index (χ4v) is 1.12. The Bertz CT molecular complexity index is 82.4. The lowest BCUT2D eigenvalue weighted by Crippen LogP contribution is -3.04. The highest BCUT2D eigenvalue weighted by Crippen LogP contribution is 2.43. The second-order valence-electron chi connectivity index (χ2n) is 3.44. The zero-order valence-electron chi connectivity index (χ0n) is 5.83. The van der Waals surface area contributed by atoms with Crippen molar-refractivity contribution in [3.8, 4) is 0 Å². The van der Waals surface area contributed by atoms with Crippen LogP contribution in [0, 0.1) is 12.5 Å². The van der Waals surface area contributed by atoms with Crippen molar-refractivity contribution >= 4 is 0 Å². The predicted molar refractivity (Wildman–Crippen MR) is 34.5 cm³/mol. The molecule has 0 aromatic heterocycles. The molecule has 0 saturated heterocycles. The van der Waals surface area contributed by atoms with Gasteiger partial charge in [0.05, 0.1) is 6.54 Å². The molecule has 1 fully saturated rings. The Kier molecular flexibility index (Phi) is 1.31. The summed E-state index contributed by atoms with van der Waals surface area (Å²) in [4.78, 5) is 1.34. The lowest BCUT2D eigenvalue weighted by Gasteiger charge is -2.18. The van der Waals surface area contributed by atoms with E-state index >= 15 is 0 Å². The molecule has 0 bridgehead atoms. The molecule has 0 amide bonds. The van der Waals surface area contributed by atoms with Gasteiger partial charge in [-0.05, 0) is 12.8 Å². The van der Waals surface area contributed by atoms with Gasteiger partial charge in [-0.15, -0.1) is 0 Å². The van der Waals surface area contributed by atoms with E-state index in [4.69, 9.17) is 0 Å². The van der Waals surface area contributed by atoms with Crippen LogP contribution in [0.25, 0.3) is 0 Å². The highest BCUT2D eigenvalue weighted by atomic mass is 15.1. The molecule has 1 saturated carbocycles. The minimum absolute atomic E-state index is 0.672. The summed E-state index contributed by atoms with van der Waals surface area (Å²) >= 11 is 0. The topological polar surface area (TPSA) is 4.44 Å². The van der Waals surface area contributed by atoms with Crippen LogP contribution in [0.15, 0.2) is 0 Å². The molecule has 1 aliphatic carbocycles. The maximum Gasteiger partial charge on any atom is 0.0582 e. The quantitative estimate of drug-likeness (QED) is 0.484. The summed E-state index contributed by atoms with van der Waals surface area (Å²) in [6.45, 7) is 3.58. The van der Waals surface area contributed by atoms with Crippen molar-refractivity contribution in [1.82, 2.24) is 0 Å². The molecule has 0 radical (unpaired) electrons. The van der Waals surface area contributed by atoms with E-state index in [-0.39, 0.29) is 0 Å². The van der Waals surface area contributed by atoms with E-state index in [0.717, 1.165) is 0 Å². The van der Waals surface area contributed by atoms with Gasteiger partial charge in [-0.1, -0.05) is 6.92 Å². The van der Waals surface area contributed by atoms with Crippen LogP contribution in [-0.2, 0) is 0 Å². The normalized spacial score (nSPS) is 27.4. The van der Waals surface area contributed by atoms with E-state index in [2.05, 4.69) is 21.0 Å². The van der Waals surface area contributed by atoms with Crippen molar-refractivity contribution in [2.75, 3.05) is 13.6 Å². The summed E-state index contributed by atoms with van der Waals surface area (Å²) in [5.41, 5.74) is 0.672. The first-order valence-electron chi connectivity index (χ1n) is 3.27. The predicted octanol–water partition coefficient (Wildman–Crippen LogP) is 0.0928. The first-order valence-corrected chi connectivity index (χ1v) is 3.27. The van der Waals surface area contributed by atoms with Gasteiger partial charge in [0.25, 0.3) is 0 Å². The average Bonchev–Trinajstić information content (AvgIpc) is 2.17. The lowest BCUT2D eigenvalue weighted by molar-refractivity contribution is -0.837. The summed E-state index contributed by atoms with van der Waals surface area (Å²) < 4.78 is 0. The lowest BCUT2D eigenvalue weighted by atomic mass is 10.1. The standard InChI is InChI=1S/C7H15N/c1-7(4-5-7)6-8(2)3/h8H,2,4-6H2,1,3H3. The minimum Gasteiger partial charge on any atom is -0.470 e. The average molecular weight is 113 g/mol. The van der Waals surface area contributed by atoms with Crippen molar-refractivity contribution in [2.24, 2.45) is 5.41 Å². The molecule has 48 valence electrons. The Morgan fingerprint density at radius 2 is 2.12 bits per heavy atom. The largest absolute Gasteiger partial charge is 0.470 e. The van der Waals surface area contributed by atoms with Crippen LogP contribution in [0.1, 0.15) is 19.8 Å². The second-order valence-corrected chi connectivity index (χ2v) is 3.44. The Labute approximate surface area is 51.7 Å². The Morgan fingerprint density at radius 1 is 1.62 bits per heavy atom. The van der Waals surface area contributed by atoms with E-state index in [1.165, 1.54) is 24.3 Å². The third-order valence-corrected chi connectivity index (χ3v) is 1.83. The van der Waals surface area contributed by atoms with Gasteiger partial charge in [0.2, 0.25) is 0 Å². The summed E-state index contributed by atoms with van der Waals surface area (Å²) in [6, 6.07) is 0. The van der Waals surface area contributed by atoms with E-state index < -0.39 is 0 Å². The van der Waals surface area contributed by atoms with Crippen molar-refractivity contribution in [1.29, 1.82) is 0 Å². The summed E-state index contributed by atoms with van der Waals surface area (Å²) in [5, 5.41) is 0. The molecular weight excluding hydrogens is 98.1 g/mol. The third-order valence-electron chi connectivity index (χ3n) is 1.83. The SMILES string of the molecule is [CH2-][NH+](C)CC1(C)CC1. The van der Waals surface area contributed by atoms with E-state index in [0.29, 0.717) is 5.41 Å². The van der Waals surface area contributed by atoms with Crippen LogP contribution >= 0.6 is 0 Å². The number of rotatable bonds is 2. The van der Waals surface area contributed by atoms with Crippen LogP contribution in [0.4, 0.5) is 0 Å². The molecule has 0 heterocycles. The molecule has 1 aliphatic rings. The number of nitrogens with one attached hydrogen (secondary N) is 1. The molecule has 0 aliphatic heterocycles. The first kappa shape index (κ1) is 6.09. The van der Waals surface area contributed by atoms with E-state index in [1.54, 1.807) is 0 Å². The number of hydrogen-bond donors (Lipinski definition) is 1. The van der Waals surface area contributed by atoms with Crippen LogP contribution in [0.5, 0.6) is 0 Å². The van der Waals surface area contributed by atoms with Gasteiger partial charge in [0, 0.05) is 12.5 Å². The van der Waals surface area contributed by atoms with Crippen molar-refractivity contribution in [2.45, 2.75) is 19.8 Å². The molecule has 0 aromatic carbocycles. The van der Waals surface area contributed by atoms with E-state index in [9.17, 15) is 0 Å². The minimum atomic E-state index is 0.672.